The largest absolute Gasteiger partial charge is 0.343 e. The third-order valence-corrected chi connectivity index (χ3v) is 5.32. The van der Waals surface area contributed by atoms with Crippen LogP contribution in [0.5, 0.6) is 0 Å². The van der Waals surface area contributed by atoms with Gasteiger partial charge in [-0.15, -0.1) is 0 Å². The molecule has 0 atom stereocenters. The molecule has 2 aromatic rings. The molecule has 1 amide bonds. The molecular formula is C15H13F2N3O3S. The monoisotopic (exact) mass is 353 g/mol. The molecule has 0 aliphatic carbocycles. The Balaban J connectivity index is 2.03. The molecule has 1 aromatic carbocycles. The van der Waals surface area contributed by atoms with Gasteiger partial charge in [-0.25, -0.2) is 17.2 Å². The van der Waals surface area contributed by atoms with Gasteiger partial charge in [0.1, 0.15) is 16.3 Å². The Morgan fingerprint density at radius 1 is 1.29 bits per heavy atom. The molecule has 0 saturated heterocycles. The van der Waals surface area contributed by atoms with E-state index in [4.69, 9.17) is 0 Å². The van der Waals surface area contributed by atoms with Gasteiger partial charge in [-0.05, 0) is 19.1 Å². The first-order chi connectivity index (χ1) is 11.2. The van der Waals surface area contributed by atoms with E-state index in [9.17, 15) is 22.0 Å². The molecule has 3 rings (SSSR count). The lowest BCUT2D eigenvalue weighted by molar-refractivity contribution is 0.102. The highest BCUT2D eigenvalue weighted by molar-refractivity contribution is 7.92. The molecule has 0 bridgehead atoms. The fraction of sp³-hybridized carbons (Fsp3) is 0.200. The number of sulfone groups is 1. The summed E-state index contributed by atoms with van der Waals surface area (Å²) in [5.41, 5.74) is 0.502. The number of halogens is 2. The van der Waals surface area contributed by atoms with Crippen LogP contribution in [0.15, 0.2) is 34.3 Å². The number of hydrogen-bond donors (Lipinski definition) is 1. The molecular weight excluding hydrogens is 340 g/mol. The van der Waals surface area contributed by atoms with Crippen molar-refractivity contribution in [1.29, 1.82) is 0 Å². The van der Waals surface area contributed by atoms with Crippen molar-refractivity contribution in [2.45, 2.75) is 11.8 Å². The standard InChI is InChI=1S/C15H13F2N3O3S/c1-8-7-24(22,23)12-6-20(2)14(13(12)18-8)15(21)19-9-3-4-10(16)11(17)5-9/h3-6H,7H2,1-2H3,(H,19,21). The Kier molecular flexibility index (Phi) is 3.75. The summed E-state index contributed by atoms with van der Waals surface area (Å²) in [5.74, 6) is -3.00. The van der Waals surface area contributed by atoms with Crippen molar-refractivity contribution in [3.8, 4) is 0 Å². The summed E-state index contributed by atoms with van der Waals surface area (Å²) < 4.78 is 51.9. The fourth-order valence-electron chi connectivity index (χ4n) is 2.53. The molecule has 0 radical (unpaired) electrons. The Hall–Kier alpha value is -2.55. The Morgan fingerprint density at radius 3 is 2.67 bits per heavy atom. The molecule has 2 heterocycles. The maximum Gasteiger partial charge on any atom is 0.274 e. The van der Waals surface area contributed by atoms with Crippen LogP contribution in [-0.2, 0) is 16.9 Å². The third kappa shape index (κ3) is 2.71. The van der Waals surface area contributed by atoms with Crippen LogP contribution in [0.2, 0.25) is 0 Å². The predicted octanol–water partition coefficient (Wildman–Crippen LogP) is 2.44. The summed E-state index contributed by atoms with van der Waals surface area (Å²) >= 11 is 0. The van der Waals surface area contributed by atoms with E-state index in [2.05, 4.69) is 10.3 Å². The first kappa shape index (κ1) is 16.3. The highest BCUT2D eigenvalue weighted by Crippen LogP contribution is 2.35. The second-order valence-electron chi connectivity index (χ2n) is 5.49. The van der Waals surface area contributed by atoms with Gasteiger partial charge in [-0.1, -0.05) is 0 Å². The molecule has 0 saturated carbocycles. The van der Waals surface area contributed by atoms with Gasteiger partial charge in [0.15, 0.2) is 21.5 Å². The quantitative estimate of drug-likeness (QED) is 0.900. The highest BCUT2D eigenvalue weighted by Gasteiger charge is 2.31. The number of amides is 1. The summed E-state index contributed by atoms with van der Waals surface area (Å²) in [7, 11) is -2.04. The molecule has 0 unspecified atom stereocenters. The van der Waals surface area contributed by atoms with Crippen LogP contribution in [0.25, 0.3) is 0 Å². The minimum atomic E-state index is -3.55. The third-order valence-electron chi connectivity index (χ3n) is 3.55. The maximum atomic E-state index is 13.2. The van der Waals surface area contributed by atoms with Gasteiger partial charge < -0.3 is 9.88 Å². The van der Waals surface area contributed by atoms with Crippen LogP contribution in [-0.4, -0.2) is 30.4 Å². The molecule has 126 valence electrons. The van der Waals surface area contributed by atoms with Crippen LogP contribution in [0.1, 0.15) is 17.4 Å². The summed E-state index contributed by atoms with van der Waals surface area (Å²) in [4.78, 5) is 16.6. The van der Waals surface area contributed by atoms with Crippen LogP contribution < -0.4 is 5.32 Å². The molecule has 6 nitrogen and oxygen atoms in total. The van der Waals surface area contributed by atoms with Gasteiger partial charge in [0.2, 0.25) is 0 Å². The number of rotatable bonds is 2. The molecule has 1 aliphatic rings. The van der Waals surface area contributed by atoms with Gasteiger partial charge in [-0.3, -0.25) is 9.79 Å². The predicted molar refractivity (Wildman–Crippen MR) is 84.5 cm³/mol. The van der Waals surface area contributed by atoms with Crippen LogP contribution in [0.4, 0.5) is 20.2 Å². The normalized spacial score (nSPS) is 15.6. The lowest BCUT2D eigenvalue weighted by Gasteiger charge is -2.12. The summed E-state index contributed by atoms with van der Waals surface area (Å²) in [6.07, 6.45) is 1.32. The number of aryl methyl sites for hydroxylation is 1. The summed E-state index contributed by atoms with van der Waals surface area (Å²) in [5, 5.41) is 2.41. The SMILES string of the molecule is CC1=Nc2c(cn(C)c2C(=O)Nc2ccc(F)c(F)c2)S(=O)(=O)C1. The van der Waals surface area contributed by atoms with E-state index >= 15 is 0 Å². The van der Waals surface area contributed by atoms with Crippen molar-refractivity contribution in [2.24, 2.45) is 12.0 Å². The van der Waals surface area contributed by atoms with Gasteiger partial charge in [0.05, 0.1) is 5.75 Å². The lowest BCUT2D eigenvalue weighted by atomic mass is 10.2. The number of hydrogen-bond acceptors (Lipinski definition) is 4. The van der Waals surface area contributed by atoms with E-state index in [1.54, 1.807) is 6.92 Å². The van der Waals surface area contributed by atoms with Crippen LogP contribution in [0.3, 0.4) is 0 Å². The zero-order valence-corrected chi connectivity index (χ0v) is 13.6. The number of nitrogens with one attached hydrogen (secondary N) is 1. The van der Waals surface area contributed by atoms with Crippen molar-refractivity contribution >= 4 is 32.8 Å². The van der Waals surface area contributed by atoms with Crippen LogP contribution >= 0.6 is 0 Å². The van der Waals surface area contributed by atoms with Gasteiger partial charge in [0, 0.05) is 30.7 Å². The number of fused-ring (bicyclic) bond motifs is 1. The van der Waals surface area contributed by atoms with E-state index in [-0.39, 0.29) is 27.7 Å². The molecule has 1 aliphatic heterocycles. The molecule has 1 N–H and O–H groups in total. The highest BCUT2D eigenvalue weighted by atomic mass is 32.2. The average molecular weight is 353 g/mol. The molecule has 1 aromatic heterocycles. The first-order valence-corrected chi connectivity index (χ1v) is 8.57. The molecule has 0 fully saturated rings. The Bertz CT molecular complexity index is 994. The van der Waals surface area contributed by atoms with Gasteiger partial charge in [0.25, 0.3) is 5.91 Å². The molecule has 24 heavy (non-hydrogen) atoms. The van der Waals surface area contributed by atoms with Crippen molar-refractivity contribution < 1.29 is 22.0 Å². The second kappa shape index (κ2) is 5.52. The number of aromatic nitrogens is 1. The van der Waals surface area contributed by atoms with Gasteiger partial charge >= 0.3 is 0 Å². The fourth-order valence-corrected chi connectivity index (χ4v) is 4.05. The Morgan fingerprint density at radius 2 is 2.00 bits per heavy atom. The van der Waals surface area contributed by atoms with E-state index in [1.807, 2.05) is 0 Å². The van der Waals surface area contributed by atoms with E-state index in [0.29, 0.717) is 5.71 Å². The number of nitrogens with zero attached hydrogens (tertiary/aromatic N) is 2. The first-order valence-electron chi connectivity index (χ1n) is 6.91. The van der Waals surface area contributed by atoms with E-state index < -0.39 is 27.4 Å². The number of anilines is 1. The maximum absolute atomic E-state index is 13.2. The van der Waals surface area contributed by atoms with Crippen molar-refractivity contribution in [1.82, 2.24) is 4.57 Å². The smallest absolute Gasteiger partial charge is 0.274 e. The lowest BCUT2D eigenvalue weighted by Crippen LogP contribution is -2.19. The average Bonchev–Trinajstić information content (AvgIpc) is 2.79. The minimum Gasteiger partial charge on any atom is -0.343 e. The molecule has 9 heteroatoms. The second-order valence-corrected chi connectivity index (χ2v) is 7.45. The molecule has 0 spiro atoms. The summed E-state index contributed by atoms with van der Waals surface area (Å²) in [6.45, 7) is 1.56. The van der Waals surface area contributed by atoms with Gasteiger partial charge in [-0.2, -0.15) is 0 Å². The minimum absolute atomic E-state index is 0.0222. The van der Waals surface area contributed by atoms with E-state index in [1.165, 1.54) is 23.9 Å². The summed E-state index contributed by atoms with van der Waals surface area (Å²) in [6, 6.07) is 2.93. The number of benzene rings is 1. The Labute approximate surface area is 136 Å². The van der Waals surface area contributed by atoms with Crippen LogP contribution in [0, 0.1) is 11.6 Å². The number of carbonyl (C=O) groups excluding carboxylic acids is 1. The zero-order chi connectivity index (χ0) is 17.6. The topological polar surface area (TPSA) is 80.5 Å². The number of aliphatic imine (C=N–C) groups is 1. The van der Waals surface area contributed by atoms with Crippen molar-refractivity contribution in [3.63, 3.8) is 0 Å². The zero-order valence-electron chi connectivity index (χ0n) is 12.8. The van der Waals surface area contributed by atoms with E-state index in [0.717, 1.165) is 12.1 Å². The van der Waals surface area contributed by atoms with Crippen molar-refractivity contribution in [3.05, 3.63) is 41.7 Å². The number of carbonyl (C=O) groups is 1. The van der Waals surface area contributed by atoms with Crippen molar-refractivity contribution in [2.75, 3.05) is 11.1 Å².